The molecule has 0 aromatic heterocycles. The lowest BCUT2D eigenvalue weighted by Crippen LogP contribution is -2.46. The summed E-state index contributed by atoms with van der Waals surface area (Å²) in [6.07, 6.45) is 7.01. The van der Waals surface area contributed by atoms with Gasteiger partial charge in [-0.05, 0) is 44.4 Å². The van der Waals surface area contributed by atoms with Gasteiger partial charge in [-0.15, -0.1) is 12.4 Å². The molecule has 1 aliphatic carbocycles. The Balaban J connectivity index is 0.00000256. The van der Waals surface area contributed by atoms with Crippen molar-refractivity contribution in [3.05, 3.63) is 0 Å². The summed E-state index contributed by atoms with van der Waals surface area (Å²) in [5, 5.41) is 3.59. The SMILES string of the molecule is CC(C)CC1(CNCC(C)(C)N)CCCC1.Cl. The summed E-state index contributed by atoms with van der Waals surface area (Å²) in [6, 6.07) is 0. The van der Waals surface area contributed by atoms with E-state index in [9.17, 15) is 0 Å². The van der Waals surface area contributed by atoms with Crippen molar-refractivity contribution < 1.29 is 0 Å². The van der Waals surface area contributed by atoms with Crippen LogP contribution in [0.5, 0.6) is 0 Å². The van der Waals surface area contributed by atoms with Crippen molar-refractivity contribution in [2.75, 3.05) is 13.1 Å². The van der Waals surface area contributed by atoms with Crippen LogP contribution in [-0.2, 0) is 0 Å². The molecule has 0 aromatic carbocycles. The van der Waals surface area contributed by atoms with E-state index in [0.717, 1.165) is 19.0 Å². The summed E-state index contributed by atoms with van der Waals surface area (Å²) in [7, 11) is 0. The van der Waals surface area contributed by atoms with Gasteiger partial charge in [-0.2, -0.15) is 0 Å². The maximum Gasteiger partial charge on any atom is 0.0223 e. The third-order valence-corrected chi connectivity index (χ3v) is 3.59. The van der Waals surface area contributed by atoms with E-state index in [2.05, 4.69) is 33.0 Å². The van der Waals surface area contributed by atoms with Crippen molar-refractivity contribution in [3.8, 4) is 0 Å². The number of hydrogen-bond donors (Lipinski definition) is 2. The van der Waals surface area contributed by atoms with Gasteiger partial charge in [0.2, 0.25) is 0 Å². The first-order valence-electron chi connectivity index (χ1n) is 6.83. The Labute approximate surface area is 114 Å². The molecule has 0 spiro atoms. The van der Waals surface area contributed by atoms with Crippen LogP contribution in [0, 0.1) is 11.3 Å². The van der Waals surface area contributed by atoms with Crippen LogP contribution in [0.3, 0.4) is 0 Å². The molecule has 0 bridgehead atoms. The number of nitrogens with one attached hydrogen (secondary N) is 1. The topological polar surface area (TPSA) is 38.0 Å². The second-order valence-corrected chi connectivity index (χ2v) is 6.90. The predicted octanol–water partition coefficient (Wildman–Crippen LogP) is 3.34. The minimum absolute atomic E-state index is 0. The molecule has 0 radical (unpaired) electrons. The highest BCUT2D eigenvalue weighted by Crippen LogP contribution is 2.42. The molecule has 0 aromatic rings. The van der Waals surface area contributed by atoms with Crippen molar-refractivity contribution in [3.63, 3.8) is 0 Å². The van der Waals surface area contributed by atoms with E-state index in [1.807, 2.05) is 0 Å². The molecule has 0 aliphatic heterocycles. The van der Waals surface area contributed by atoms with Crippen molar-refractivity contribution in [2.24, 2.45) is 17.1 Å². The van der Waals surface area contributed by atoms with Gasteiger partial charge in [-0.1, -0.05) is 26.7 Å². The van der Waals surface area contributed by atoms with Crippen molar-refractivity contribution >= 4 is 12.4 Å². The monoisotopic (exact) mass is 262 g/mol. The number of rotatable bonds is 6. The normalized spacial score (nSPS) is 19.4. The Hall–Kier alpha value is 0.210. The highest BCUT2D eigenvalue weighted by atomic mass is 35.5. The van der Waals surface area contributed by atoms with E-state index in [-0.39, 0.29) is 17.9 Å². The molecule has 104 valence electrons. The second kappa shape index (κ2) is 6.96. The summed E-state index contributed by atoms with van der Waals surface area (Å²) < 4.78 is 0. The lowest BCUT2D eigenvalue weighted by atomic mass is 9.78. The highest BCUT2D eigenvalue weighted by Gasteiger charge is 2.34. The van der Waals surface area contributed by atoms with Crippen molar-refractivity contribution in [1.82, 2.24) is 5.32 Å². The summed E-state index contributed by atoms with van der Waals surface area (Å²) >= 11 is 0. The van der Waals surface area contributed by atoms with Crippen molar-refractivity contribution in [2.45, 2.75) is 65.3 Å². The van der Waals surface area contributed by atoms with Gasteiger partial charge in [-0.25, -0.2) is 0 Å². The summed E-state index contributed by atoms with van der Waals surface area (Å²) in [5.74, 6) is 0.811. The molecule has 17 heavy (non-hydrogen) atoms. The Bertz CT molecular complexity index is 203. The van der Waals surface area contributed by atoms with Gasteiger partial charge in [0.05, 0.1) is 0 Å². The molecule has 3 N–H and O–H groups in total. The number of halogens is 1. The molecule has 1 fully saturated rings. The van der Waals surface area contributed by atoms with E-state index >= 15 is 0 Å². The first kappa shape index (κ1) is 17.2. The molecule has 0 unspecified atom stereocenters. The molecule has 1 aliphatic rings. The van der Waals surface area contributed by atoms with Crippen LogP contribution < -0.4 is 11.1 Å². The van der Waals surface area contributed by atoms with Gasteiger partial charge in [0.15, 0.2) is 0 Å². The minimum Gasteiger partial charge on any atom is -0.324 e. The van der Waals surface area contributed by atoms with Crippen molar-refractivity contribution in [1.29, 1.82) is 0 Å². The van der Waals surface area contributed by atoms with Crippen LogP contribution in [0.2, 0.25) is 0 Å². The Kier molecular flexibility index (Phi) is 7.05. The van der Waals surface area contributed by atoms with Crippen LogP contribution in [-0.4, -0.2) is 18.6 Å². The molecule has 1 rings (SSSR count). The standard InChI is InChI=1S/C14H30N2.ClH/c1-12(2)9-14(7-5-6-8-14)11-16-10-13(3,4)15;/h12,16H,5-11,15H2,1-4H3;1H. The van der Waals surface area contributed by atoms with Crippen LogP contribution >= 0.6 is 12.4 Å². The maximum atomic E-state index is 6.00. The van der Waals surface area contributed by atoms with E-state index in [1.54, 1.807) is 0 Å². The molecule has 3 heteroatoms. The van der Waals surface area contributed by atoms with E-state index < -0.39 is 0 Å². The Morgan fingerprint density at radius 1 is 1.24 bits per heavy atom. The van der Waals surface area contributed by atoms with Crippen LogP contribution in [0.4, 0.5) is 0 Å². The number of hydrogen-bond acceptors (Lipinski definition) is 2. The van der Waals surface area contributed by atoms with Gasteiger partial charge >= 0.3 is 0 Å². The highest BCUT2D eigenvalue weighted by molar-refractivity contribution is 5.85. The van der Waals surface area contributed by atoms with E-state index in [0.29, 0.717) is 5.41 Å². The van der Waals surface area contributed by atoms with Gasteiger partial charge in [0, 0.05) is 18.6 Å². The summed E-state index contributed by atoms with van der Waals surface area (Å²) in [4.78, 5) is 0. The smallest absolute Gasteiger partial charge is 0.0223 e. The lowest BCUT2D eigenvalue weighted by Gasteiger charge is -2.32. The average molecular weight is 263 g/mol. The molecule has 0 atom stereocenters. The van der Waals surface area contributed by atoms with E-state index in [1.165, 1.54) is 32.1 Å². The van der Waals surface area contributed by atoms with Gasteiger partial charge in [-0.3, -0.25) is 0 Å². The summed E-state index contributed by atoms with van der Waals surface area (Å²) in [5.41, 5.74) is 6.49. The van der Waals surface area contributed by atoms with Gasteiger partial charge in [0.25, 0.3) is 0 Å². The maximum absolute atomic E-state index is 6.00. The van der Waals surface area contributed by atoms with Gasteiger partial charge in [0.1, 0.15) is 0 Å². The van der Waals surface area contributed by atoms with Crippen LogP contribution in [0.15, 0.2) is 0 Å². The molecular formula is C14H31ClN2. The Morgan fingerprint density at radius 2 is 1.76 bits per heavy atom. The molecular weight excluding hydrogens is 232 g/mol. The minimum atomic E-state index is -0.0857. The van der Waals surface area contributed by atoms with Gasteiger partial charge < -0.3 is 11.1 Å². The largest absolute Gasteiger partial charge is 0.324 e. The second-order valence-electron chi connectivity index (χ2n) is 6.90. The van der Waals surface area contributed by atoms with Crippen LogP contribution in [0.25, 0.3) is 0 Å². The molecule has 0 saturated heterocycles. The third-order valence-electron chi connectivity index (χ3n) is 3.59. The number of nitrogens with two attached hydrogens (primary N) is 1. The quantitative estimate of drug-likeness (QED) is 0.771. The zero-order valence-corrected chi connectivity index (χ0v) is 12.8. The Morgan fingerprint density at radius 3 is 2.18 bits per heavy atom. The predicted molar refractivity (Wildman–Crippen MR) is 78.7 cm³/mol. The van der Waals surface area contributed by atoms with E-state index in [4.69, 9.17) is 5.73 Å². The molecule has 0 amide bonds. The lowest BCUT2D eigenvalue weighted by molar-refractivity contribution is 0.219. The third kappa shape index (κ3) is 6.64. The fourth-order valence-electron chi connectivity index (χ4n) is 3.09. The molecule has 0 heterocycles. The first-order chi connectivity index (χ1) is 7.33. The summed E-state index contributed by atoms with van der Waals surface area (Å²) in [6.45, 7) is 10.9. The average Bonchev–Trinajstić information content (AvgIpc) is 2.49. The first-order valence-corrected chi connectivity index (χ1v) is 6.83. The fourth-order valence-corrected chi connectivity index (χ4v) is 3.09. The zero-order valence-electron chi connectivity index (χ0n) is 12.0. The zero-order chi connectivity index (χ0) is 12.2. The molecule has 1 saturated carbocycles. The van der Waals surface area contributed by atoms with Crippen LogP contribution in [0.1, 0.15) is 59.8 Å². The fraction of sp³-hybridized carbons (Fsp3) is 1.00. The molecule has 2 nitrogen and oxygen atoms in total.